The number of benzene rings is 1. The summed E-state index contributed by atoms with van der Waals surface area (Å²) < 4.78 is 29.8. The van der Waals surface area contributed by atoms with Gasteiger partial charge in [0.2, 0.25) is 0 Å². The van der Waals surface area contributed by atoms with Crippen LogP contribution in [0.2, 0.25) is 0 Å². The number of aliphatic carboxylic acids is 1. The Morgan fingerprint density at radius 2 is 2.13 bits per heavy atom. The molecule has 82 valence electrons. The highest BCUT2D eigenvalue weighted by Crippen LogP contribution is 2.25. The molecule has 0 fully saturated rings. The molecule has 1 aromatic carbocycles. The Kier molecular flexibility index (Phi) is 3.28. The van der Waals surface area contributed by atoms with Crippen LogP contribution in [0.4, 0.5) is 8.78 Å². The van der Waals surface area contributed by atoms with Crippen LogP contribution in [0.15, 0.2) is 22.7 Å². The Hall–Kier alpha value is -1.17. The first-order valence-electron chi connectivity index (χ1n) is 3.87. The molecule has 0 radical (unpaired) electrons. The molecule has 0 saturated heterocycles. The maximum absolute atomic E-state index is 12.6. The summed E-state index contributed by atoms with van der Waals surface area (Å²) in [5.74, 6) is -2.80. The van der Waals surface area contributed by atoms with E-state index in [0.717, 1.165) is 0 Å². The number of aryl methyl sites for hydroxylation is 1. The number of halogens is 3. The highest BCUT2D eigenvalue weighted by atomic mass is 79.9. The van der Waals surface area contributed by atoms with Crippen molar-refractivity contribution in [2.45, 2.75) is 13.0 Å². The molecule has 0 aliphatic heterocycles. The van der Waals surface area contributed by atoms with Gasteiger partial charge in [0.25, 0.3) is 0 Å². The summed E-state index contributed by atoms with van der Waals surface area (Å²) >= 11 is 3.17. The van der Waals surface area contributed by atoms with Crippen LogP contribution in [-0.2, 0) is 4.79 Å². The molecule has 0 aromatic heterocycles. The zero-order chi connectivity index (χ0) is 11.6. The lowest BCUT2D eigenvalue weighted by atomic mass is 10.2. The average molecular weight is 280 g/mol. The fourth-order valence-electron chi connectivity index (χ4n) is 0.870. The van der Waals surface area contributed by atoms with Gasteiger partial charge in [0.05, 0.1) is 0 Å². The van der Waals surface area contributed by atoms with Crippen LogP contribution in [0.5, 0.6) is 5.75 Å². The van der Waals surface area contributed by atoms with Crippen molar-refractivity contribution < 1.29 is 23.4 Å². The molecular weight excluding hydrogens is 274 g/mol. The Morgan fingerprint density at radius 3 is 2.60 bits per heavy atom. The zero-order valence-electron chi connectivity index (χ0n) is 7.59. The van der Waals surface area contributed by atoms with Gasteiger partial charge in [0.15, 0.2) is 5.97 Å². The van der Waals surface area contributed by atoms with E-state index in [2.05, 4.69) is 20.7 Å². The summed E-state index contributed by atoms with van der Waals surface area (Å²) in [6.45, 7) is 1.66. The average Bonchev–Trinajstić information content (AvgIpc) is 2.10. The molecule has 0 unspecified atom stereocenters. The van der Waals surface area contributed by atoms with Gasteiger partial charge in [0.1, 0.15) is 5.75 Å². The third-order valence-corrected chi connectivity index (χ3v) is 2.50. The fourth-order valence-corrected chi connectivity index (χ4v) is 1.12. The summed E-state index contributed by atoms with van der Waals surface area (Å²) in [5.41, 5.74) is 0.654. The van der Waals surface area contributed by atoms with E-state index in [-0.39, 0.29) is 5.75 Å². The molecule has 0 aliphatic rings. The standard InChI is InChI=1S/C9H7BrF2O3/c1-5-4-6(2-3-7(5)10)15-9(11,12)8(13)14/h2-4H,1H3,(H,13,14)/p-1. The van der Waals surface area contributed by atoms with Crippen molar-refractivity contribution in [3.05, 3.63) is 28.2 Å². The van der Waals surface area contributed by atoms with Crippen LogP contribution in [0, 0.1) is 6.92 Å². The van der Waals surface area contributed by atoms with Gasteiger partial charge in [-0.3, -0.25) is 0 Å². The van der Waals surface area contributed by atoms with Gasteiger partial charge in [-0.2, -0.15) is 8.78 Å². The number of hydrogen-bond acceptors (Lipinski definition) is 3. The number of hydrogen-bond donors (Lipinski definition) is 0. The largest absolute Gasteiger partial charge is 0.541 e. The minimum atomic E-state index is -4.32. The topological polar surface area (TPSA) is 49.4 Å². The molecule has 0 N–H and O–H groups in total. The van der Waals surface area contributed by atoms with Crippen molar-refractivity contribution in [1.29, 1.82) is 0 Å². The predicted octanol–water partition coefficient (Wildman–Crippen LogP) is 1.48. The lowest BCUT2D eigenvalue weighted by Gasteiger charge is -2.18. The molecule has 0 aliphatic carbocycles. The van der Waals surface area contributed by atoms with E-state index in [0.29, 0.717) is 10.0 Å². The monoisotopic (exact) mass is 279 g/mol. The van der Waals surface area contributed by atoms with E-state index in [1.165, 1.54) is 18.2 Å². The van der Waals surface area contributed by atoms with Crippen LogP contribution < -0.4 is 9.84 Å². The fraction of sp³-hybridized carbons (Fsp3) is 0.222. The molecule has 0 heterocycles. The van der Waals surface area contributed by atoms with Gasteiger partial charge < -0.3 is 14.6 Å². The highest BCUT2D eigenvalue weighted by molar-refractivity contribution is 9.10. The molecule has 0 spiro atoms. The number of ether oxygens (including phenoxy) is 1. The lowest BCUT2D eigenvalue weighted by molar-refractivity contribution is -0.350. The van der Waals surface area contributed by atoms with Gasteiger partial charge in [-0.15, -0.1) is 0 Å². The second-order valence-corrected chi connectivity index (χ2v) is 3.67. The number of carbonyl (C=O) groups excluding carboxylic acids is 1. The van der Waals surface area contributed by atoms with Gasteiger partial charge >= 0.3 is 6.11 Å². The molecule has 1 rings (SSSR count). The van der Waals surface area contributed by atoms with Crippen molar-refractivity contribution in [2.24, 2.45) is 0 Å². The van der Waals surface area contributed by atoms with E-state index in [1.807, 2.05) is 0 Å². The van der Waals surface area contributed by atoms with Gasteiger partial charge in [-0.05, 0) is 30.7 Å². The van der Waals surface area contributed by atoms with Crippen LogP contribution in [0.25, 0.3) is 0 Å². The summed E-state index contributed by atoms with van der Waals surface area (Å²) in [6, 6.07) is 4.00. The number of rotatable bonds is 3. The summed E-state index contributed by atoms with van der Waals surface area (Å²) in [5, 5.41) is 9.98. The normalized spacial score (nSPS) is 11.2. The molecule has 1 aromatic rings. The van der Waals surface area contributed by atoms with Crippen molar-refractivity contribution in [1.82, 2.24) is 0 Å². The van der Waals surface area contributed by atoms with Crippen molar-refractivity contribution in [3.8, 4) is 5.75 Å². The predicted molar refractivity (Wildman–Crippen MR) is 49.5 cm³/mol. The Labute approximate surface area is 92.8 Å². The second kappa shape index (κ2) is 4.14. The third kappa shape index (κ3) is 2.89. The molecule has 0 atom stereocenters. The maximum Gasteiger partial charge on any atom is 0.441 e. The second-order valence-electron chi connectivity index (χ2n) is 2.82. The molecule has 15 heavy (non-hydrogen) atoms. The van der Waals surface area contributed by atoms with Gasteiger partial charge in [-0.25, -0.2) is 0 Å². The van der Waals surface area contributed by atoms with E-state index in [9.17, 15) is 18.7 Å². The van der Waals surface area contributed by atoms with E-state index < -0.39 is 12.1 Å². The maximum atomic E-state index is 12.6. The number of carboxylic acid groups (broad SMARTS) is 1. The van der Waals surface area contributed by atoms with Crippen molar-refractivity contribution in [2.75, 3.05) is 0 Å². The van der Waals surface area contributed by atoms with Crippen LogP contribution >= 0.6 is 15.9 Å². The van der Waals surface area contributed by atoms with E-state index in [1.54, 1.807) is 6.92 Å². The molecule has 0 bridgehead atoms. The van der Waals surface area contributed by atoms with Crippen molar-refractivity contribution >= 4 is 21.9 Å². The minimum Gasteiger partial charge on any atom is -0.541 e. The first-order valence-corrected chi connectivity index (χ1v) is 4.66. The van der Waals surface area contributed by atoms with Crippen molar-refractivity contribution in [3.63, 3.8) is 0 Å². The molecule has 0 saturated carbocycles. The summed E-state index contributed by atoms with van der Waals surface area (Å²) in [4.78, 5) is 9.98. The molecule has 3 nitrogen and oxygen atoms in total. The molecule has 6 heteroatoms. The number of carbonyl (C=O) groups is 1. The lowest BCUT2D eigenvalue weighted by Crippen LogP contribution is -2.45. The third-order valence-electron chi connectivity index (χ3n) is 1.61. The first-order chi connectivity index (χ1) is 6.83. The Bertz CT molecular complexity index is 393. The Morgan fingerprint density at radius 1 is 1.53 bits per heavy atom. The van der Waals surface area contributed by atoms with Crippen LogP contribution in [-0.4, -0.2) is 12.1 Å². The van der Waals surface area contributed by atoms with E-state index in [4.69, 9.17) is 0 Å². The number of carboxylic acids is 1. The van der Waals surface area contributed by atoms with Gasteiger partial charge in [-0.1, -0.05) is 15.9 Å². The molecular formula is C9H6BrF2O3-. The first kappa shape index (κ1) is 11.9. The SMILES string of the molecule is Cc1cc(OC(F)(F)C(=O)[O-])ccc1Br. The highest BCUT2D eigenvalue weighted by Gasteiger charge is 2.33. The minimum absolute atomic E-state index is 0.232. The number of alkyl halides is 2. The zero-order valence-corrected chi connectivity index (χ0v) is 9.18. The quantitative estimate of drug-likeness (QED) is 0.842. The van der Waals surface area contributed by atoms with E-state index >= 15 is 0 Å². The van der Waals surface area contributed by atoms with Crippen LogP contribution in [0.3, 0.4) is 0 Å². The van der Waals surface area contributed by atoms with Crippen LogP contribution in [0.1, 0.15) is 5.56 Å². The van der Waals surface area contributed by atoms with Gasteiger partial charge in [0, 0.05) is 4.47 Å². The summed E-state index contributed by atoms with van der Waals surface area (Å²) in [6.07, 6.45) is -4.32. The summed E-state index contributed by atoms with van der Waals surface area (Å²) in [7, 11) is 0. The smallest absolute Gasteiger partial charge is 0.441 e. The molecule has 0 amide bonds. The Balaban J connectivity index is 2.91.